The van der Waals surface area contributed by atoms with Crippen molar-refractivity contribution in [2.75, 3.05) is 6.54 Å². The standard InChI is InChI=1S/C19H16N4O2/c24-19-14-11-16(22-15(14)7-9-21-19)13-6-8-20-17(10-13)18(23-25)12-4-2-1-3-5-12/h1-6,8,10-11,22,25H,7,9H2,(H,21,24)/b23-18+. The molecule has 0 radical (unpaired) electrons. The smallest absolute Gasteiger partial charge is 0.253 e. The Hall–Kier alpha value is -3.41. The summed E-state index contributed by atoms with van der Waals surface area (Å²) in [5, 5.41) is 15.7. The number of aromatic amines is 1. The second-order valence-electron chi connectivity index (χ2n) is 5.83. The van der Waals surface area contributed by atoms with E-state index in [0.29, 0.717) is 23.5 Å². The quantitative estimate of drug-likeness (QED) is 0.391. The maximum absolute atomic E-state index is 11.9. The SMILES string of the molecule is O=C1NCCc2[nH]c(-c3ccnc(/C(=N/O)c4ccccc4)c3)cc21. The maximum Gasteiger partial charge on any atom is 0.253 e. The summed E-state index contributed by atoms with van der Waals surface area (Å²) >= 11 is 0. The number of pyridine rings is 1. The summed E-state index contributed by atoms with van der Waals surface area (Å²) in [6.07, 6.45) is 2.45. The zero-order chi connectivity index (χ0) is 17.2. The molecule has 1 aliphatic rings. The van der Waals surface area contributed by atoms with E-state index in [-0.39, 0.29) is 5.91 Å². The highest BCUT2D eigenvalue weighted by molar-refractivity contribution is 6.11. The molecule has 3 aromatic rings. The van der Waals surface area contributed by atoms with Crippen LogP contribution in [0.5, 0.6) is 0 Å². The highest BCUT2D eigenvalue weighted by atomic mass is 16.4. The molecular formula is C19H16N4O2. The second kappa shape index (κ2) is 6.24. The number of carbonyl (C=O) groups excluding carboxylic acids is 1. The van der Waals surface area contributed by atoms with Gasteiger partial charge in [-0.05, 0) is 18.2 Å². The molecular weight excluding hydrogens is 316 g/mol. The summed E-state index contributed by atoms with van der Waals surface area (Å²) in [5.74, 6) is -0.0556. The number of oxime groups is 1. The first-order chi connectivity index (χ1) is 12.3. The summed E-state index contributed by atoms with van der Waals surface area (Å²) in [7, 11) is 0. The molecule has 6 nitrogen and oxygen atoms in total. The van der Waals surface area contributed by atoms with E-state index >= 15 is 0 Å². The first-order valence-corrected chi connectivity index (χ1v) is 8.00. The number of H-pyrrole nitrogens is 1. The van der Waals surface area contributed by atoms with E-state index in [2.05, 4.69) is 20.4 Å². The average molecular weight is 332 g/mol. The molecule has 0 fully saturated rings. The molecule has 6 heteroatoms. The van der Waals surface area contributed by atoms with Gasteiger partial charge in [-0.2, -0.15) is 0 Å². The average Bonchev–Trinajstić information content (AvgIpc) is 3.09. The van der Waals surface area contributed by atoms with Gasteiger partial charge in [-0.15, -0.1) is 0 Å². The van der Waals surface area contributed by atoms with Crippen molar-refractivity contribution in [2.24, 2.45) is 5.16 Å². The monoisotopic (exact) mass is 332 g/mol. The summed E-state index contributed by atoms with van der Waals surface area (Å²) in [6.45, 7) is 0.642. The number of hydrogen-bond donors (Lipinski definition) is 3. The summed E-state index contributed by atoms with van der Waals surface area (Å²) < 4.78 is 0. The van der Waals surface area contributed by atoms with Crippen molar-refractivity contribution in [2.45, 2.75) is 6.42 Å². The molecule has 1 amide bonds. The Morgan fingerprint density at radius 2 is 2.00 bits per heavy atom. The topological polar surface area (TPSA) is 90.4 Å². The number of nitrogens with zero attached hydrogens (tertiary/aromatic N) is 2. The lowest BCUT2D eigenvalue weighted by Gasteiger charge is -2.11. The minimum Gasteiger partial charge on any atom is -0.410 e. The van der Waals surface area contributed by atoms with Crippen LogP contribution in [0.4, 0.5) is 0 Å². The highest BCUT2D eigenvalue weighted by Gasteiger charge is 2.20. The molecule has 1 aromatic carbocycles. The van der Waals surface area contributed by atoms with Crippen LogP contribution in [-0.2, 0) is 6.42 Å². The third-order valence-electron chi connectivity index (χ3n) is 4.27. The normalized spacial score (nSPS) is 14.1. The molecule has 0 spiro atoms. The van der Waals surface area contributed by atoms with E-state index in [1.165, 1.54) is 0 Å². The minimum atomic E-state index is -0.0556. The van der Waals surface area contributed by atoms with Gasteiger partial charge in [0.25, 0.3) is 5.91 Å². The number of fused-ring (bicyclic) bond motifs is 1. The molecule has 0 atom stereocenters. The fourth-order valence-electron chi connectivity index (χ4n) is 3.03. The van der Waals surface area contributed by atoms with Gasteiger partial charge < -0.3 is 15.5 Å². The van der Waals surface area contributed by atoms with Crippen LogP contribution in [-0.4, -0.2) is 33.3 Å². The minimum absolute atomic E-state index is 0.0556. The maximum atomic E-state index is 11.9. The van der Waals surface area contributed by atoms with E-state index in [9.17, 15) is 10.0 Å². The van der Waals surface area contributed by atoms with Crippen molar-refractivity contribution in [1.82, 2.24) is 15.3 Å². The van der Waals surface area contributed by atoms with Crippen molar-refractivity contribution in [3.8, 4) is 11.3 Å². The Kier molecular flexibility index (Phi) is 3.78. The Morgan fingerprint density at radius 1 is 1.16 bits per heavy atom. The van der Waals surface area contributed by atoms with Crippen molar-refractivity contribution in [1.29, 1.82) is 0 Å². The number of aromatic nitrogens is 2. The fourth-order valence-corrected chi connectivity index (χ4v) is 3.03. The summed E-state index contributed by atoms with van der Waals surface area (Å²) in [6, 6.07) is 14.9. The number of amides is 1. The molecule has 0 bridgehead atoms. The third-order valence-corrected chi connectivity index (χ3v) is 4.27. The van der Waals surface area contributed by atoms with Crippen LogP contribution < -0.4 is 5.32 Å². The lowest BCUT2D eigenvalue weighted by Crippen LogP contribution is -2.31. The number of benzene rings is 1. The van der Waals surface area contributed by atoms with Crippen LogP contribution >= 0.6 is 0 Å². The molecule has 2 aromatic heterocycles. The highest BCUT2D eigenvalue weighted by Crippen LogP contribution is 2.24. The lowest BCUT2D eigenvalue weighted by atomic mass is 10.0. The van der Waals surface area contributed by atoms with E-state index in [1.54, 1.807) is 6.20 Å². The number of carbonyl (C=O) groups is 1. The molecule has 4 rings (SSSR count). The van der Waals surface area contributed by atoms with Crippen LogP contribution in [0.2, 0.25) is 0 Å². The van der Waals surface area contributed by atoms with Gasteiger partial charge in [-0.25, -0.2) is 0 Å². The Balaban J connectivity index is 1.74. The van der Waals surface area contributed by atoms with Gasteiger partial charge in [-0.1, -0.05) is 35.5 Å². The van der Waals surface area contributed by atoms with Crippen LogP contribution in [0.25, 0.3) is 11.3 Å². The first kappa shape index (κ1) is 15.1. The predicted molar refractivity (Wildman–Crippen MR) is 93.9 cm³/mol. The second-order valence-corrected chi connectivity index (χ2v) is 5.83. The predicted octanol–water partition coefficient (Wildman–Crippen LogP) is 2.59. The Bertz CT molecular complexity index is 961. The van der Waals surface area contributed by atoms with E-state index in [0.717, 1.165) is 28.9 Å². The van der Waals surface area contributed by atoms with E-state index in [4.69, 9.17) is 0 Å². The molecule has 3 heterocycles. The third kappa shape index (κ3) is 2.78. The van der Waals surface area contributed by atoms with Crippen molar-refractivity contribution in [3.05, 3.63) is 77.2 Å². The summed E-state index contributed by atoms with van der Waals surface area (Å²) in [5.41, 5.74) is 5.08. The van der Waals surface area contributed by atoms with E-state index in [1.807, 2.05) is 48.5 Å². The van der Waals surface area contributed by atoms with Gasteiger partial charge in [0.05, 0.1) is 11.3 Å². The lowest BCUT2D eigenvalue weighted by molar-refractivity contribution is 0.0946. The molecule has 25 heavy (non-hydrogen) atoms. The molecule has 0 unspecified atom stereocenters. The van der Waals surface area contributed by atoms with Gasteiger partial charge in [0, 0.05) is 41.7 Å². The number of hydrogen-bond acceptors (Lipinski definition) is 4. The molecule has 124 valence electrons. The summed E-state index contributed by atoms with van der Waals surface area (Å²) in [4.78, 5) is 19.6. The Morgan fingerprint density at radius 3 is 2.76 bits per heavy atom. The van der Waals surface area contributed by atoms with Gasteiger partial charge in [0.1, 0.15) is 5.71 Å². The molecule has 3 N–H and O–H groups in total. The largest absolute Gasteiger partial charge is 0.410 e. The number of rotatable bonds is 3. The molecule has 0 aliphatic carbocycles. The first-order valence-electron chi connectivity index (χ1n) is 8.00. The number of nitrogens with one attached hydrogen (secondary N) is 2. The van der Waals surface area contributed by atoms with Crippen molar-refractivity contribution in [3.63, 3.8) is 0 Å². The van der Waals surface area contributed by atoms with E-state index < -0.39 is 0 Å². The molecule has 0 saturated heterocycles. The van der Waals surface area contributed by atoms with Crippen LogP contribution in [0.15, 0.2) is 59.9 Å². The van der Waals surface area contributed by atoms with Crippen molar-refractivity contribution >= 4 is 11.6 Å². The van der Waals surface area contributed by atoms with Crippen LogP contribution in [0.1, 0.15) is 27.3 Å². The zero-order valence-electron chi connectivity index (χ0n) is 13.4. The Labute approximate surface area is 144 Å². The molecule has 0 saturated carbocycles. The van der Waals surface area contributed by atoms with Gasteiger partial charge in [0.2, 0.25) is 0 Å². The van der Waals surface area contributed by atoms with Gasteiger partial charge in [0.15, 0.2) is 0 Å². The zero-order valence-corrected chi connectivity index (χ0v) is 13.4. The van der Waals surface area contributed by atoms with Crippen molar-refractivity contribution < 1.29 is 10.0 Å². The van der Waals surface area contributed by atoms with Crippen LogP contribution in [0.3, 0.4) is 0 Å². The van der Waals surface area contributed by atoms with Gasteiger partial charge >= 0.3 is 0 Å². The van der Waals surface area contributed by atoms with Gasteiger partial charge in [-0.3, -0.25) is 9.78 Å². The van der Waals surface area contributed by atoms with Crippen LogP contribution in [0, 0.1) is 0 Å². The fraction of sp³-hybridized carbons (Fsp3) is 0.105. The molecule has 1 aliphatic heterocycles.